The molecule has 1 aromatic carbocycles. The first-order valence-corrected chi connectivity index (χ1v) is 8.41. The van der Waals surface area contributed by atoms with E-state index in [0.29, 0.717) is 23.5 Å². The number of anilines is 1. The Kier molecular flexibility index (Phi) is 4.07. The summed E-state index contributed by atoms with van der Waals surface area (Å²) in [7, 11) is 0. The second kappa shape index (κ2) is 6.52. The second-order valence-electron chi connectivity index (χ2n) is 5.41. The molecule has 0 atom stereocenters. The van der Waals surface area contributed by atoms with Crippen molar-refractivity contribution in [3.8, 4) is 11.1 Å². The molecular weight excluding hydrogens is 384 g/mol. The minimum Gasteiger partial charge on any atom is -0.467 e. The van der Waals surface area contributed by atoms with Gasteiger partial charge in [0.25, 0.3) is 5.56 Å². The van der Waals surface area contributed by atoms with E-state index in [-0.39, 0.29) is 5.56 Å². The summed E-state index contributed by atoms with van der Waals surface area (Å²) < 4.78 is 6.24. The molecule has 2 N–H and O–H groups in total. The van der Waals surface area contributed by atoms with E-state index in [2.05, 4.69) is 36.2 Å². The fourth-order valence-electron chi connectivity index (χ4n) is 2.60. The average Bonchev–Trinajstić information content (AvgIpc) is 3.14. The lowest BCUT2D eigenvalue weighted by molar-refractivity contribution is 0.517. The largest absolute Gasteiger partial charge is 0.467 e. The zero-order chi connectivity index (χ0) is 17.2. The molecule has 0 fully saturated rings. The summed E-state index contributed by atoms with van der Waals surface area (Å²) in [6.45, 7) is 0.424. The first-order valence-electron chi connectivity index (χ1n) is 7.62. The molecular formula is C18H13BrN4O2. The number of nitrogens with zero attached hydrogens (tertiary/aromatic N) is 2. The number of furan rings is 1. The van der Waals surface area contributed by atoms with E-state index in [4.69, 9.17) is 4.42 Å². The molecule has 0 saturated carbocycles. The molecule has 124 valence electrons. The predicted octanol–water partition coefficient (Wildman–Crippen LogP) is 3.95. The molecule has 6 nitrogen and oxygen atoms in total. The van der Waals surface area contributed by atoms with E-state index in [1.807, 2.05) is 36.4 Å². The molecule has 4 rings (SSSR count). The molecule has 0 spiro atoms. The maximum Gasteiger partial charge on any atom is 0.262 e. The molecule has 0 amide bonds. The number of halogens is 1. The minimum absolute atomic E-state index is 0.238. The minimum atomic E-state index is -0.238. The predicted molar refractivity (Wildman–Crippen MR) is 99.3 cm³/mol. The van der Waals surface area contributed by atoms with E-state index in [9.17, 15) is 4.79 Å². The molecule has 0 aliphatic heterocycles. The standard InChI is InChI=1S/C18H13BrN4O2/c19-12-5-3-11(4-6-12)14-7-8-20-16-15(14)17(24)23-18(22-16)21-10-13-2-1-9-25-13/h1-9H,10H2,(H2,20,21,22,23,24). The maximum atomic E-state index is 12.6. The molecule has 3 aromatic heterocycles. The molecule has 4 aromatic rings. The van der Waals surface area contributed by atoms with Crippen LogP contribution in [0, 0.1) is 0 Å². The number of hydrogen-bond donors (Lipinski definition) is 2. The van der Waals surface area contributed by atoms with Crippen molar-refractivity contribution < 1.29 is 4.42 Å². The van der Waals surface area contributed by atoms with Crippen LogP contribution < -0.4 is 10.9 Å². The van der Waals surface area contributed by atoms with Crippen LogP contribution in [0.5, 0.6) is 0 Å². The van der Waals surface area contributed by atoms with Crippen LogP contribution in [0.3, 0.4) is 0 Å². The zero-order valence-electron chi connectivity index (χ0n) is 13.0. The van der Waals surface area contributed by atoms with Gasteiger partial charge < -0.3 is 9.73 Å². The van der Waals surface area contributed by atoms with Crippen molar-refractivity contribution in [2.24, 2.45) is 0 Å². The van der Waals surface area contributed by atoms with E-state index in [1.54, 1.807) is 18.5 Å². The van der Waals surface area contributed by atoms with E-state index < -0.39 is 0 Å². The number of nitrogens with one attached hydrogen (secondary N) is 2. The van der Waals surface area contributed by atoms with Gasteiger partial charge in [0.1, 0.15) is 5.76 Å². The normalized spacial score (nSPS) is 10.9. The molecule has 25 heavy (non-hydrogen) atoms. The number of benzene rings is 1. The molecule has 0 unspecified atom stereocenters. The lowest BCUT2D eigenvalue weighted by Crippen LogP contribution is -2.14. The molecule has 7 heteroatoms. The van der Waals surface area contributed by atoms with Gasteiger partial charge in [-0.1, -0.05) is 28.1 Å². The number of aromatic nitrogens is 3. The molecule has 0 bridgehead atoms. The molecule has 0 aliphatic rings. The molecule has 0 radical (unpaired) electrons. The van der Waals surface area contributed by atoms with Crippen molar-refractivity contribution in [1.29, 1.82) is 0 Å². The third kappa shape index (κ3) is 3.18. The van der Waals surface area contributed by atoms with Gasteiger partial charge in [-0.25, -0.2) is 4.98 Å². The third-order valence-electron chi connectivity index (χ3n) is 3.77. The SMILES string of the molecule is O=c1[nH]c(NCc2ccco2)nc2nccc(-c3ccc(Br)cc3)c12. The van der Waals surface area contributed by atoms with Crippen molar-refractivity contribution >= 4 is 32.9 Å². The number of pyridine rings is 1. The summed E-state index contributed by atoms with van der Waals surface area (Å²) in [5.74, 6) is 1.11. The van der Waals surface area contributed by atoms with Crippen LogP contribution in [-0.4, -0.2) is 15.0 Å². The van der Waals surface area contributed by atoms with Gasteiger partial charge in [-0.3, -0.25) is 9.78 Å². The van der Waals surface area contributed by atoms with Gasteiger partial charge in [0.15, 0.2) is 5.65 Å². The fourth-order valence-corrected chi connectivity index (χ4v) is 2.87. The number of aromatic amines is 1. The lowest BCUT2D eigenvalue weighted by Gasteiger charge is -2.08. The first-order chi connectivity index (χ1) is 12.2. The van der Waals surface area contributed by atoms with Gasteiger partial charge in [0.2, 0.25) is 5.95 Å². The van der Waals surface area contributed by atoms with Gasteiger partial charge >= 0.3 is 0 Å². The highest BCUT2D eigenvalue weighted by molar-refractivity contribution is 9.10. The topological polar surface area (TPSA) is 83.8 Å². The summed E-state index contributed by atoms with van der Waals surface area (Å²) in [6, 6.07) is 13.2. The summed E-state index contributed by atoms with van der Waals surface area (Å²) in [5, 5.41) is 3.51. The van der Waals surface area contributed by atoms with Crippen molar-refractivity contribution in [2.45, 2.75) is 6.54 Å². The van der Waals surface area contributed by atoms with Crippen LogP contribution in [0.25, 0.3) is 22.2 Å². The van der Waals surface area contributed by atoms with Gasteiger partial charge in [0, 0.05) is 10.7 Å². The van der Waals surface area contributed by atoms with Crippen LogP contribution >= 0.6 is 15.9 Å². The molecule has 0 saturated heterocycles. The van der Waals surface area contributed by atoms with Crippen molar-refractivity contribution in [1.82, 2.24) is 15.0 Å². The Balaban J connectivity index is 1.75. The monoisotopic (exact) mass is 396 g/mol. The Morgan fingerprint density at radius 3 is 2.76 bits per heavy atom. The maximum absolute atomic E-state index is 12.6. The Labute approximate surface area is 151 Å². The van der Waals surface area contributed by atoms with Gasteiger partial charge in [-0.05, 0) is 41.5 Å². The number of hydrogen-bond acceptors (Lipinski definition) is 5. The van der Waals surface area contributed by atoms with E-state index in [1.165, 1.54) is 0 Å². The van der Waals surface area contributed by atoms with Crippen LogP contribution in [0.1, 0.15) is 5.76 Å². The van der Waals surface area contributed by atoms with Crippen molar-refractivity contribution in [3.63, 3.8) is 0 Å². The third-order valence-corrected chi connectivity index (χ3v) is 4.30. The molecule has 3 heterocycles. The average molecular weight is 397 g/mol. The quantitative estimate of drug-likeness (QED) is 0.545. The van der Waals surface area contributed by atoms with Crippen LogP contribution in [-0.2, 0) is 6.54 Å². The summed E-state index contributed by atoms with van der Waals surface area (Å²) in [5.41, 5.74) is 1.88. The highest BCUT2D eigenvalue weighted by atomic mass is 79.9. The van der Waals surface area contributed by atoms with Crippen molar-refractivity contribution in [2.75, 3.05) is 5.32 Å². The van der Waals surface area contributed by atoms with Gasteiger partial charge in [-0.2, -0.15) is 4.98 Å². The fraction of sp³-hybridized carbons (Fsp3) is 0.0556. The van der Waals surface area contributed by atoms with E-state index >= 15 is 0 Å². The van der Waals surface area contributed by atoms with Crippen molar-refractivity contribution in [3.05, 3.63) is 75.5 Å². The van der Waals surface area contributed by atoms with Crippen LogP contribution in [0.2, 0.25) is 0 Å². The first kappa shape index (κ1) is 15.6. The Morgan fingerprint density at radius 1 is 1.16 bits per heavy atom. The Bertz CT molecular complexity index is 1070. The van der Waals surface area contributed by atoms with Gasteiger partial charge in [0.05, 0.1) is 18.2 Å². The smallest absolute Gasteiger partial charge is 0.262 e. The number of H-pyrrole nitrogens is 1. The Hall–Kier alpha value is -2.93. The molecule has 0 aliphatic carbocycles. The number of fused-ring (bicyclic) bond motifs is 1. The van der Waals surface area contributed by atoms with Crippen LogP contribution in [0.15, 0.2) is 68.6 Å². The van der Waals surface area contributed by atoms with E-state index in [0.717, 1.165) is 21.4 Å². The highest BCUT2D eigenvalue weighted by Crippen LogP contribution is 2.26. The van der Waals surface area contributed by atoms with Gasteiger partial charge in [-0.15, -0.1) is 0 Å². The van der Waals surface area contributed by atoms with Crippen LogP contribution in [0.4, 0.5) is 5.95 Å². The summed E-state index contributed by atoms with van der Waals surface area (Å²) >= 11 is 3.42. The Morgan fingerprint density at radius 2 is 2.00 bits per heavy atom. The zero-order valence-corrected chi connectivity index (χ0v) is 14.6. The summed E-state index contributed by atoms with van der Waals surface area (Å²) in [4.78, 5) is 24.0. The highest BCUT2D eigenvalue weighted by Gasteiger charge is 2.11. The lowest BCUT2D eigenvalue weighted by atomic mass is 10.0. The second-order valence-corrected chi connectivity index (χ2v) is 6.33. The summed E-state index contributed by atoms with van der Waals surface area (Å²) in [6.07, 6.45) is 3.25. The number of rotatable bonds is 4.